The van der Waals surface area contributed by atoms with Crippen molar-refractivity contribution < 1.29 is 4.79 Å². The number of guanidine groups is 1. The van der Waals surface area contributed by atoms with Crippen LogP contribution in [-0.2, 0) is 6.54 Å². The molecule has 0 bridgehead atoms. The molecule has 7 heteroatoms. The van der Waals surface area contributed by atoms with Gasteiger partial charge in [0, 0.05) is 24.8 Å². The molecule has 0 aromatic heterocycles. The van der Waals surface area contributed by atoms with Gasteiger partial charge in [-0.05, 0) is 44.9 Å². The van der Waals surface area contributed by atoms with Crippen molar-refractivity contribution in [3.8, 4) is 0 Å². The molecule has 4 N–H and O–H groups in total. The Morgan fingerprint density at radius 3 is 2.35 bits per heavy atom. The van der Waals surface area contributed by atoms with Crippen LogP contribution < -0.4 is 21.3 Å². The number of hydrogen-bond donors (Lipinski definition) is 4. The van der Waals surface area contributed by atoms with E-state index in [-0.39, 0.29) is 36.0 Å². The van der Waals surface area contributed by atoms with E-state index in [9.17, 15) is 4.79 Å². The van der Waals surface area contributed by atoms with E-state index in [0.29, 0.717) is 6.54 Å². The van der Waals surface area contributed by atoms with Crippen molar-refractivity contribution in [2.75, 3.05) is 18.4 Å². The predicted molar refractivity (Wildman–Crippen MR) is 121 cm³/mol. The maximum Gasteiger partial charge on any atom is 0.319 e. The van der Waals surface area contributed by atoms with Gasteiger partial charge in [-0.2, -0.15) is 0 Å². The second-order valence-electron chi connectivity index (χ2n) is 6.28. The number of amides is 2. The topological polar surface area (TPSA) is 77.5 Å². The lowest BCUT2D eigenvalue weighted by Gasteiger charge is -2.12. The molecule has 148 valence electrons. The van der Waals surface area contributed by atoms with Crippen molar-refractivity contribution in [2.45, 2.75) is 59.5 Å². The normalized spacial score (nSPS) is 10.9. The molecular weight excluding hydrogens is 441 g/mol. The summed E-state index contributed by atoms with van der Waals surface area (Å²) in [6.45, 7) is 10.5. The molecule has 1 rings (SSSR count). The molecule has 0 heterocycles. The lowest BCUT2D eigenvalue weighted by Crippen LogP contribution is -2.37. The Kier molecular flexibility index (Phi) is 13.8. The van der Waals surface area contributed by atoms with E-state index in [4.69, 9.17) is 0 Å². The highest BCUT2D eigenvalue weighted by Gasteiger charge is 2.03. The lowest BCUT2D eigenvalue weighted by atomic mass is 10.2. The number of carbonyl (C=O) groups excluding carboxylic acids is 1. The Morgan fingerprint density at radius 1 is 1.08 bits per heavy atom. The molecule has 6 nitrogen and oxygen atoms in total. The number of carbonyl (C=O) groups is 1. The minimum atomic E-state index is -0.188. The van der Waals surface area contributed by atoms with Crippen LogP contribution in [0.5, 0.6) is 0 Å². The molecule has 1 aromatic rings. The first-order valence-corrected chi connectivity index (χ1v) is 9.23. The van der Waals surface area contributed by atoms with Gasteiger partial charge in [0.2, 0.25) is 0 Å². The Bertz CT molecular complexity index is 531. The fraction of sp³-hybridized carbons (Fsp3) is 0.579. The van der Waals surface area contributed by atoms with Crippen LogP contribution in [0.15, 0.2) is 29.3 Å². The quantitative estimate of drug-likeness (QED) is 0.188. The summed E-state index contributed by atoms with van der Waals surface area (Å²) in [5.41, 5.74) is 1.87. The molecule has 2 amide bonds. The molecule has 0 saturated heterocycles. The Balaban J connectivity index is 0.00000625. The van der Waals surface area contributed by atoms with Crippen LogP contribution >= 0.6 is 24.0 Å². The van der Waals surface area contributed by atoms with Gasteiger partial charge in [0.1, 0.15) is 0 Å². The Labute approximate surface area is 175 Å². The number of nitrogens with one attached hydrogen (secondary N) is 4. The fourth-order valence-corrected chi connectivity index (χ4v) is 2.22. The number of anilines is 1. The van der Waals surface area contributed by atoms with Gasteiger partial charge in [0.05, 0.1) is 6.54 Å². The highest BCUT2D eigenvalue weighted by molar-refractivity contribution is 14.0. The highest BCUT2D eigenvalue weighted by atomic mass is 127. The van der Waals surface area contributed by atoms with Crippen LogP contribution in [0.1, 0.15) is 52.5 Å². The Hall–Kier alpha value is -1.51. The molecule has 0 atom stereocenters. The molecule has 0 aliphatic carbocycles. The third-order valence-corrected chi connectivity index (χ3v) is 3.47. The van der Waals surface area contributed by atoms with Crippen LogP contribution in [0.25, 0.3) is 0 Å². The first-order chi connectivity index (χ1) is 12.0. The first-order valence-electron chi connectivity index (χ1n) is 9.23. The third-order valence-electron chi connectivity index (χ3n) is 3.47. The van der Waals surface area contributed by atoms with Gasteiger partial charge < -0.3 is 21.3 Å². The summed E-state index contributed by atoms with van der Waals surface area (Å²) in [7, 11) is 0. The van der Waals surface area contributed by atoms with Crippen LogP contribution in [0.4, 0.5) is 10.5 Å². The molecule has 0 fully saturated rings. The minimum Gasteiger partial charge on any atom is -0.357 e. The van der Waals surface area contributed by atoms with E-state index in [1.807, 2.05) is 38.1 Å². The van der Waals surface area contributed by atoms with Crippen molar-refractivity contribution in [1.82, 2.24) is 16.0 Å². The molecule has 0 unspecified atom stereocenters. The predicted octanol–water partition coefficient (Wildman–Crippen LogP) is 4.08. The summed E-state index contributed by atoms with van der Waals surface area (Å²) in [4.78, 5) is 16.3. The second kappa shape index (κ2) is 14.6. The van der Waals surface area contributed by atoms with Crippen LogP contribution in [0.3, 0.4) is 0 Å². The standard InChI is InChI=1S/C19H33N5O.HI/c1-5-7-8-13-21-18(20-6-2)22-14-16-9-11-17(12-10-16)24-19(25)23-15(3)4;/h9-12,15H,5-8,13-14H2,1-4H3,(H2,20,21,22)(H2,23,24,25);1H. The zero-order valence-corrected chi connectivity index (χ0v) is 18.7. The molecule has 0 aliphatic heterocycles. The maximum absolute atomic E-state index is 11.7. The number of rotatable bonds is 9. The van der Waals surface area contributed by atoms with E-state index in [1.165, 1.54) is 12.8 Å². The zero-order valence-electron chi connectivity index (χ0n) is 16.4. The largest absolute Gasteiger partial charge is 0.357 e. The maximum atomic E-state index is 11.7. The molecule has 0 aliphatic rings. The van der Waals surface area contributed by atoms with E-state index in [2.05, 4.69) is 40.1 Å². The van der Waals surface area contributed by atoms with E-state index >= 15 is 0 Å². The van der Waals surface area contributed by atoms with Crippen molar-refractivity contribution in [3.05, 3.63) is 29.8 Å². The fourth-order valence-electron chi connectivity index (χ4n) is 2.22. The zero-order chi connectivity index (χ0) is 18.5. The van der Waals surface area contributed by atoms with Gasteiger partial charge >= 0.3 is 6.03 Å². The summed E-state index contributed by atoms with van der Waals surface area (Å²) < 4.78 is 0. The molecular formula is C19H34IN5O. The second-order valence-corrected chi connectivity index (χ2v) is 6.28. The third kappa shape index (κ3) is 11.2. The van der Waals surface area contributed by atoms with E-state index in [1.54, 1.807) is 0 Å². The van der Waals surface area contributed by atoms with Crippen molar-refractivity contribution in [3.63, 3.8) is 0 Å². The number of unbranched alkanes of at least 4 members (excludes halogenated alkanes) is 2. The summed E-state index contributed by atoms with van der Waals surface area (Å²) >= 11 is 0. The lowest BCUT2D eigenvalue weighted by molar-refractivity contribution is 0.250. The number of benzene rings is 1. The highest BCUT2D eigenvalue weighted by Crippen LogP contribution is 2.10. The molecule has 0 spiro atoms. The monoisotopic (exact) mass is 475 g/mol. The van der Waals surface area contributed by atoms with E-state index < -0.39 is 0 Å². The van der Waals surface area contributed by atoms with Crippen LogP contribution in [0.2, 0.25) is 0 Å². The van der Waals surface area contributed by atoms with Gasteiger partial charge in [-0.15, -0.1) is 24.0 Å². The summed E-state index contributed by atoms with van der Waals surface area (Å²) in [5, 5.41) is 12.2. The van der Waals surface area contributed by atoms with Gasteiger partial charge in [-0.25, -0.2) is 9.79 Å². The van der Waals surface area contributed by atoms with Crippen LogP contribution in [-0.4, -0.2) is 31.1 Å². The summed E-state index contributed by atoms with van der Waals surface area (Å²) in [6.07, 6.45) is 3.59. The smallest absolute Gasteiger partial charge is 0.319 e. The van der Waals surface area contributed by atoms with E-state index in [0.717, 1.165) is 36.7 Å². The molecule has 26 heavy (non-hydrogen) atoms. The van der Waals surface area contributed by atoms with Crippen molar-refractivity contribution in [1.29, 1.82) is 0 Å². The SMILES string of the molecule is CCCCCNC(=NCc1ccc(NC(=O)NC(C)C)cc1)NCC.I. The van der Waals surface area contributed by atoms with Crippen molar-refractivity contribution in [2.24, 2.45) is 4.99 Å². The Morgan fingerprint density at radius 2 is 1.77 bits per heavy atom. The van der Waals surface area contributed by atoms with Gasteiger partial charge in [0.15, 0.2) is 5.96 Å². The first kappa shape index (κ1) is 24.5. The number of aliphatic imine (C=N–C) groups is 1. The molecule has 1 aromatic carbocycles. The number of nitrogens with zero attached hydrogens (tertiary/aromatic N) is 1. The number of halogens is 1. The minimum absolute atomic E-state index is 0. The summed E-state index contributed by atoms with van der Waals surface area (Å²) in [5.74, 6) is 0.845. The molecule has 0 radical (unpaired) electrons. The van der Waals surface area contributed by atoms with Crippen LogP contribution in [0, 0.1) is 0 Å². The van der Waals surface area contributed by atoms with Gasteiger partial charge in [-0.1, -0.05) is 31.9 Å². The number of urea groups is 1. The number of hydrogen-bond acceptors (Lipinski definition) is 2. The molecule has 0 saturated carbocycles. The average Bonchev–Trinajstić information content (AvgIpc) is 2.57. The van der Waals surface area contributed by atoms with Gasteiger partial charge in [-0.3, -0.25) is 0 Å². The van der Waals surface area contributed by atoms with Gasteiger partial charge in [0.25, 0.3) is 0 Å². The average molecular weight is 475 g/mol. The summed E-state index contributed by atoms with van der Waals surface area (Å²) in [6, 6.07) is 7.68. The van der Waals surface area contributed by atoms with Crippen molar-refractivity contribution >= 4 is 41.7 Å².